The standard InChI is InChI=1S/C7H14N4.W/c1-5(2)7-8-9-10-11(7)6(3)4;/h5-6H,1-4H3;. The van der Waals surface area contributed by atoms with Gasteiger partial charge in [0.2, 0.25) is 0 Å². The van der Waals surface area contributed by atoms with Gasteiger partial charge in [0.25, 0.3) is 0 Å². The van der Waals surface area contributed by atoms with E-state index in [0.717, 1.165) is 5.82 Å². The molecular weight excluding hydrogens is 324 g/mol. The minimum absolute atomic E-state index is 0. The van der Waals surface area contributed by atoms with E-state index >= 15 is 0 Å². The van der Waals surface area contributed by atoms with Gasteiger partial charge in [-0.2, -0.15) is 0 Å². The van der Waals surface area contributed by atoms with Crippen LogP contribution in [-0.4, -0.2) is 10.4 Å². The molecule has 1 heterocycles. The Bertz CT molecular complexity index is 209. The number of tetrazole rings is 1. The van der Waals surface area contributed by atoms with E-state index in [9.17, 15) is 0 Å². The van der Waals surface area contributed by atoms with Gasteiger partial charge in [-0.05, 0) is 24.3 Å². The first-order valence-corrected chi connectivity index (χ1v) is 3.90. The Morgan fingerprint density at radius 1 is 1.25 bits per heavy atom. The number of hydrogen-bond donors (Lipinski definition) is 0. The second kappa shape index (κ2) is 4.70. The van der Waals surface area contributed by atoms with Gasteiger partial charge < -0.3 is 0 Å². The molecule has 0 N–H and O–H groups in total. The summed E-state index contributed by atoms with van der Waals surface area (Å²) >= 11 is 0. The molecule has 5 heteroatoms. The summed E-state index contributed by atoms with van der Waals surface area (Å²) in [6.07, 6.45) is 0. The fraction of sp³-hybridized carbons (Fsp3) is 0.857. The van der Waals surface area contributed by atoms with Crippen LogP contribution in [0.2, 0.25) is 0 Å². The first-order valence-electron chi connectivity index (χ1n) is 3.90. The molecule has 0 aliphatic heterocycles. The van der Waals surface area contributed by atoms with Crippen molar-refractivity contribution in [2.45, 2.75) is 39.7 Å². The fourth-order valence-corrected chi connectivity index (χ4v) is 0.948. The van der Waals surface area contributed by atoms with E-state index in [4.69, 9.17) is 0 Å². The van der Waals surface area contributed by atoms with Crippen molar-refractivity contribution in [2.75, 3.05) is 0 Å². The minimum Gasteiger partial charge on any atom is -0.227 e. The Balaban J connectivity index is 0.00000121. The van der Waals surface area contributed by atoms with E-state index in [1.807, 2.05) is 4.68 Å². The third-order valence-electron chi connectivity index (χ3n) is 1.52. The van der Waals surface area contributed by atoms with Crippen molar-refractivity contribution < 1.29 is 25.7 Å². The van der Waals surface area contributed by atoms with Gasteiger partial charge in [0, 0.05) is 27.0 Å². The number of aromatic nitrogens is 4. The molecule has 0 radical (unpaired) electrons. The topological polar surface area (TPSA) is 43.8 Å². The molecule has 0 spiro atoms. The molecule has 12 heavy (non-hydrogen) atoms. The number of nitrogens with zero attached hydrogens (tertiary/aromatic N) is 4. The van der Waals surface area contributed by atoms with Crippen LogP contribution in [0.4, 0.5) is 0 Å². The maximum Gasteiger partial charge on any atom is 0.154 e. The predicted octanol–water partition coefficient (Wildman–Crippen LogP) is 0.423. The fourth-order valence-electron chi connectivity index (χ4n) is 0.948. The van der Waals surface area contributed by atoms with Gasteiger partial charge in [-0.1, -0.05) is 13.8 Å². The third kappa shape index (κ3) is 2.37. The molecule has 0 unspecified atom stereocenters. The van der Waals surface area contributed by atoms with Crippen LogP contribution in [0.5, 0.6) is 0 Å². The summed E-state index contributed by atoms with van der Waals surface area (Å²) in [5, 5.41) is 11.5. The molecule has 0 amide bonds. The van der Waals surface area contributed by atoms with Crippen molar-refractivity contribution in [3.63, 3.8) is 0 Å². The van der Waals surface area contributed by atoms with Gasteiger partial charge in [0.15, 0.2) is 5.82 Å². The Hall–Kier alpha value is -0.242. The number of rotatable bonds is 2. The summed E-state index contributed by atoms with van der Waals surface area (Å²) in [5.74, 6) is 1.35. The van der Waals surface area contributed by atoms with Crippen molar-refractivity contribution in [3.05, 3.63) is 5.82 Å². The van der Waals surface area contributed by atoms with Crippen LogP contribution in [-0.2, 0) is 21.1 Å². The second-order valence-electron chi connectivity index (χ2n) is 3.23. The van der Waals surface area contributed by atoms with E-state index in [2.05, 4.69) is 43.2 Å². The van der Waals surface area contributed by atoms with E-state index in [-0.39, 0.29) is 21.1 Å². The zero-order valence-corrected chi connectivity index (χ0v) is 10.8. The average molecular weight is 338 g/mol. The molecular formula is C7H14N4W. The molecule has 0 saturated carbocycles. The second-order valence-corrected chi connectivity index (χ2v) is 3.23. The van der Waals surface area contributed by atoms with Crippen LogP contribution >= 0.6 is 0 Å². The monoisotopic (exact) mass is 338 g/mol. The summed E-state index contributed by atoms with van der Waals surface area (Å²) in [5.41, 5.74) is 0. The maximum atomic E-state index is 3.94. The normalized spacial score (nSPS) is 10.5. The average Bonchev–Trinajstić information content (AvgIpc) is 2.32. The molecule has 0 aliphatic rings. The van der Waals surface area contributed by atoms with Gasteiger partial charge >= 0.3 is 0 Å². The van der Waals surface area contributed by atoms with Crippen LogP contribution in [0.25, 0.3) is 0 Å². The molecule has 0 saturated heterocycles. The summed E-state index contributed by atoms with van der Waals surface area (Å²) in [4.78, 5) is 0. The molecule has 0 bridgehead atoms. The summed E-state index contributed by atoms with van der Waals surface area (Å²) < 4.78 is 1.85. The molecule has 0 fully saturated rings. The van der Waals surface area contributed by atoms with Crippen molar-refractivity contribution >= 4 is 0 Å². The van der Waals surface area contributed by atoms with E-state index in [1.54, 1.807) is 0 Å². The van der Waals surface area contributed by atoms with Crippen LogP contribution in [0.1, 0.15) is 45.5 Å². The summed E-state index contributed by atoms with van der Waals surface area (Å²) in [6.45, 7) is 8.32. The van der Waals surface area contributed by atoms with Gasteiger partial charge in [0.1, 0.15) is 0 Å². The first kappa shape index (κ1) is 11.8. The minimum atomic E-state index is 0. The Morgan fingerprint density at radius 2 is 1.83 bits per heavy atom. The Kier molecular flexibility index (Phi) is 4.61. The third-order valence-corrected chi connectivity index (χ3v) is 1.52. The number of hydrogen-bond acceptors (Lipinski definition) is 2. The molecule has 0 atom stereocenters. The van der Waals surface area contributed by atoms with Gasteiger partial charge in [0.05, 0.1) is 6.04 Å². The zero-order chi connectivity index (χ0) is 8.43. The summed E-state index contributed by atoms with van der Waals surface area (Å²) in [7, 11) is 0. The molecule has 68 valence electrons. The van der Waals surface area contributed by atoms with Gasteiger partial charge in [-0.25, -0.2) is 4.68 Å². The van der Waals surface area contributed by atoms with E-state index in [1.165, 1.54) is 0 Å². The van der Waals surface area contributed by atoms with Crippen molar-refractivity contribution in [1.82, 2.24) is 15.5 Å². The van der Waals surface area contributed by atoms with Crippen LogP contribution in [0.3, 0.4) is 0 Å². The van der Waals surface area contributed by atoms with Crippen LogP contribution in [0.15, 0.2) is 0 Å². The van der Waals surface area contributed by atoms with Crippen molar-refractivity contribution in [3.8, 4) is 0 Å². The molecule has 0 aliphatic carbocycles. The maximum absolute atomic E-state index is 3.94. The smallest absolute Gasteiger partial charge is 0.154 e. The Labute approximate surface area is 87.0 Å². The quantitative estimate of drug-likeness (QED) is 0.735. The van der Waals surface area contributed by atoms with E-state index in [0.29, 0.717) is 12.0 Å². The SMILES string of the molecule is CC(C)c1[n-]nn[n+]1C(C)C.[W]. The Morgan fingerprint density at radius 3 is 2.17 bits per heavy atom. The molecule has 0 aromatic carbocycles. The largest absolute Gasteiger partial charge is 0.227 e. The van der Waals surface area contributed by atoms with Gasteiger partial charge in [-0.3, -0.25) is 0 Å². The van der Waals surface area contributed by atoms with Crippen LogP contribution < -0.4 is 9.78 Å². The van der Waals surface area contributed by atoms with E-state index < -0.39 is 0 Å². The predicted molar refractivity (Wildman–Crippen MR) is 40.0 cm³/mol. The van der Waals surface area contributed by atoms with Crippen LogP contribution in [0, 0.1) is 0 Å². The summed E-state index contributed by atoms with van der Waals surface area (Å²) in [6, 6.07) is 0.349. The zero-order valence-electron chi connectivity index (χ0n) is 7.85. The molecule has 1 aromatic heterocycles. The first-order chi connectivity index (χ1) is 5.13. The molecule has 4 nitrogen and oxygen atoms in total. The van der Waals surface area contributed by atoms with Crippen molar-refractivity contribution in [2.24, 2.45) is 0 Å². The molecule has 1 aromatic rings. The molecule has 1 rings (SSSR count). The van der Waals surface area contributed by atoms with Crippen molar-refractivity contribution in [1.29, 1.82) is 0 Å². The van der Waals surface area contributed by atoms with Gasteiger partial charge in [-0.15, -0.1) is 5.10 Å².